The number of hydrogen-bond donors (Lipinski definition) is 1. The van der Waals surface area contributed by atoms with Crippen LogP contribution in [0.1, 0.15) is 12.5 Å². The van der Waals surface area contributed by atoms with E-state index in [4.69, 9.17) is 21.1 Å². The first-order chi connectivity index (χ1) is 13.5. The lowest BCUT2D eigenvalue weighted by molar-refractivity contribution is -0.146. The van der Waals surface area contributed by atoms with Crippen LogP contribution in [-0.4, -0.2) is 37.4 Å². The van der Waals surface area contributed by atoms with Crippen LogP contribution < -0.4 is 10.1 Å². The van der Waals surface area contributed by atoms with Crippen LogP contribution in [0, 0.1) is 0 Å². The predicted octanol–water partition coefficient (Wildman–Crippen LogP) is 4.20. The highest BCUT2D eigenvalue weighted by molar-refractivity contribution is 7.99. The lowest BCUT2D eigenvalue weighted by Gasteiger charge is -2.12. The van der Waals surface area contributed by atoms with Crippen LogP contribution in [0.15, 0.2) is 59.5 Å². The van der Waals surface area contributed by atoms with Gasteiger partial charge in [-0.2, -0.15) is 0 Å². The first-order valence-electron chi connectivity index (χ1n) is 8.65. The number of ether oxygens (including phenoxy) is 2. The van der Waals surface area contributed by atoms with Crippen molar-refractivity contribution < 1.29 is 19.1 Å². The van der Waals surface area contributed by atoms with E-state index in [1.54, 1.807) is 44.0 Å². The first kappa shape index (κ1) is 21.9. The van der Waals surface area contributed by atoms with E-state index in [2.05, 4.69) is 5.32 Å². The third kappa shape index (κ3) is 7.66. The Hall–Kier alpha value is -2.44. The molecule has 1 amide bonds. The van der Waals surface area contributed by atoms with Crippen molar-refractivity contribution in [2.24, 2.45) is 0 Å². The molecule has 2 rings (SSSR count). The zero-order chi connectivity index (χ0) is 20.4. The highest BCUT2D eigenvalue weighted by Gasteiger charge is 2.15. The molecule has 0 spiro atoms. The smallest absolute Gasteiger partial charge is 0.328 e. The van der Waals surface area contributed by atoms with Crippen LogP contribution in [0.2, 0.25) is 5.02 Å². The molecule has 2 aromatic rings. The van der Waals surface area contributed by atoms with Crippen LogP contribution in [0.3, 0.4) is 0 Å². The molecular weight excluding hydrogens is 398 g/mol. The summed E-state index contributed by atoms with van der Waals surface area (Å²) >= 11 is 7.40. The van der Waals surface area contributed by atoms with E-state index in [0.29, 0.717) is 10.8 Å². The molecule has 0 fully saturated rings. The molecule has 0 radical (unpaired) electrons. The molecule has 0 aliphatic heterocycles. The first-order valence-corrected chi connectivity index (χ1v) is 10.0. The van der Waals surface area contributed by atoms with Crippen LogP contribution in [0.4, 0.5) is 0 Å². The monoisotopic (exact) mass is 419 g/mol. The molecule has 0 saturated heterocycles. The van der Waals surface area contributed by atoms with Gasteiger partial charge in [-0.3, -0.25) is 4.79 Å². The largest absolute Gasteiger partial charge is 0.497 e. The van der Waals surface area contributed by atoms with E-state index in [-0.39, 0.29) is 12.5 Å². The lowest BCUT2D eigenvalue weighted by atomic mass is 10.2. The van der Waals surface area contributed by atoms with Gasteiger partial charge in [0.05, 0.1) is 7.11 Å². The minimum Gasteiger partial charge on any atom is -0.497 e. The van der Waals surface area contributed by atoms with Crippen molar-refractivity contribution in [3.8, 4) is 5.75 Å². The fourth-order valence-electron chi connectivity index (χ4n) is 2.16. The molecule has 0 saturated carbocycles. The Bertz CT molecular complexity index is 806. The van der Waals surface area contributed by atoms with Gasteiger partial charge < -0.3 is 14.8 Å². The normalized spacial score (nSPS) is 11.8. The van der Waals surface area contributed by atoms with Crippen molar-refractivity contribution in [3.05, 3.63) is 65.2 Å². The van der Waals surface area contributed by atoms with Gasteiger partial charge in [0.15, 0.2) is 0 Å². The second-order valence-corrected chi connectivity index (χ2v) is 7.41. The van der Waals surface area contributed by atoms with Crippen molar-refractivity contribution in [2.45, 2.75) is 17.9 Å². The van der Waals surface area contributed by atoms with Crippen molar-refractivity contribution in [3.63, 3.8) is 0 Å². The fourth-order valence-corrected chi connectivity index (χ4v) is 3.02. The summed E-state index contributed by atoms with van der Waals surface area (Å²) in [6.07, 6.45) is 3.04. The van der Waals surface area contributed by atoms with Crippen molar-refractivity contribution in [1.82, 2.24) is 5.32 Å². The number of carbonyl (C=O) groups is 2. The van der Waals surface area contributed by atoms with Crippen LogP contribution in [0.5, 0.6) is 5.75 Å². The summed E-state index contributed by atoms with van der Waals surface area (Å²) in [5.74, 6) is 0.525. The highest BCUT2D eigenvalue weighted by atomic mass is 35.5. The molecule has 5 nitrogen and oxygen atoms in total. The number of esters is 1. The maximum absolute atomic E-state index is 12.0. The number of amides is 1. The predicted molar refractivity (Wildman–Crippen MR) is 113 cm³/mol. The minimum atomic E-state index is -0.728. The number of carbonyl (C=O) groups excluding carboxylic acids is 2. The van der Waals surface area contributed by atoms with Gasteiger partial charge in [0.2, 0.25) is 5.91 Å². The molecule has 0 heterocycles. The van der Waals surface area contributed by atoms with Gasteiger partial charge >= 0.3 is 5.97 Å². The quantitative estimate of drug-likeness (QED) is 0.285. The highest BCUT2D eigenvalue weighted by Crippen LogP contribution is 2.20. The van der Waals surface area contributed by atoms with Gasteiger partial charge in [-0.1, -0.05) is 23.7 Å². The maximum Gasteiger partial charge on any atom is 0.328 e. The molecular formula is C21H22ClNO4S. The Balaban J connectivity index is 1.69. The Kier molecular flexibility index (Phi) is 8.91. The zero-order valence-electron chi connectivity index (χ0n) is 15.7. The standard InChI is InChI=1S/C21H22ClNO4S/c1-15(21(25)27-13-14-28-19-10-6-17(22)7-11-19)23-20(24)12-5-16-3-8-18(26-2)9-4-16/h3-12,15H,13-14H2,1-2H3,(H,23,24)/b12-5+/t15-/m0/s1. The molecule has 7 heteroatoms. The summed E-state index contributed by atoms with van der Waals surface area (Å²) in [6, 6.07) is 14.0. The van der Waals surface area contributed by atoms with Gasteiger partial charge in [0, 0.05) is 21.7 Å². The molecule has 1 N–H and O–H groups in total. The number of halogens is 1. The summed E-state index contributed by atoms with van der Waals surface area (Å²) in [6.45, 7) is 1.85. The Labute approximate surface area is 174 Å². The molecule has 0 aliphatic carbocycles. The van der Waals surface area contributed by atoms with E-state index in [1.807, 2.05) is 36.4 Å². The summed E-state index contributed by atoms with van der Waals surface area (Å²) in [7, 11) is 1.59. The molecule has 0 unspecified atom stereocenters. The molecule has 148 valence electrons. The fraction of sp³-hybridized carbons (Fsp3) is 0.238. The number of thioether (sulfide) groups is 1. The number of rotatable bonds is 9. The van der Waals surface area contributed by atoms with Crippen molar-refractivity contribution in [1.29, 1.82) is 0 Å². The van der Waals surface area contributed by atoms with Gasteiger partial charge in [-0.25, -0.2) is 4.79 Å². The Morgan fingerprint density at radius 3 is 2.46 bits per heavy atom. The summed E-state index contributed by atoms with van der Waals surface area (Å²) in [5.41, 5.74) is 0.852. The summed E-state index contributed by atoms with van der Waals surface area (Å²) < 4.78 is 10.3. The summed E-state index contributed by atoms with van der Waals surface area (Å²) in [5, 5.41) is 3.27. The molecule has 0 bridgehead atoms. The SMILES string of the molecule is COc1ccc(/C=C/C(=O)N[C@@H](C)C(=O)OCCSc2ccc(Cl)cc2)cc1. The molecule has 1 atom stereocenters. The van der Waals surface area contributed by atoms with E-state index in [9.17, 15) is 9.59 Å². The van der Waals surface area contributed by atoms with E-state index >= 15 is 0 Å². The third-order valence-corrected chi connectivity index (χ3v) is 4.89. The second kappa shape index (κ2) is 11.4. The average molecular weight is 420 g/mol. The van der Waals surface area contributed by atoms with Crippen LogP contribution in [-0.2, 0) is 14.3 Å². The Morgan fingerprint density at radius 1 is 1.14 bits per heavy atom. The van der Waals surface area contributed by atoms with E-state index in [1.165, 1.54) is 6.08 Å². The summed E-state index contributed by atoms with van der Waals surface area (Å²) in [4.78, 5) is 25.0. The van der Waals surface area contributed by atoms with Crippen LogP contribution in [0.25, 0.3) is 6.08 Å². The van der Waals surface area contributed by atoms with Gasteiger partial charge in [0.25, 0.3) is 0 Å². The topological polar surface area (TPSA) is 64.6 Å². The van der Waals surface area contributed by atoms with Gasteiger partial charge in [-0.15, -0.1) is 11.8 Å². The van der Waals surface area contributed by atoms with Crippen LogP contribution >= 0.6 is 23.4 Å². The number of nitrogens with one attached hydrogen (secondary N) is 1. The van der Waals surface area contributed by atoms with E-state index < -0.39 is 12.0 Å². The number of methoxy groups -OCH3 is 1. The number of benzene rings is 2. The number of hydrogen-bond acceptors (Lipinski definition) is 5. The van der Waals surface area contributed by atoms with Crippen molar-refractivity contribution in [2.75, 3.05) is 19.5 Å². The third-order valence-electron chi connectivity index (χ3n) is 3.67. The average Bonchev–Trinajstić information content (AvgIpc) is 2.71. The lowest BCUT2D eigenvalue weighted by Crippen LogP contribution is -2.38. The Morgan fingerprint density at radius 2 is 1.82 bits per heavy atom. The minimum absolute atomic E-state index is 0.258. The molecule has 2 aromatic carbocycles. The maximum atomic E-state index is 12.0. The van der Waals surface area contributed by atoms with E-state index in [0.717, 1.165) is 16.2 Å². The van der Waals surface area contributed by atoms with Crippen molar-refractivity contribution >= 4 is 41.3 Å². The second-order valence-electron chi connectivity index (χ2n) is 5.81. The molecule has 0 aliphatic rings. The van der Waals surface area contributed by atoms with Gasteiger partial charge in [-0.05, 0) is 55.0 Å². The molecule has 28 heavy (non-hydrogen) atoms. The van der Waals surface area contributed by atoms with Gasteiger partial charge in [0.1, 0.15) is 18.4 Å². The zero-order valence-corrected chi connectivity index (χ0v) is 17.3. The molecule has 0 aromatic heterocycles.